The van der Waals surface area contributed by atoms with Crippen LogP contribution >= 0.6 is 22.6 Å². The van der Waals surface area contributed by atoms with E-state index in [9.17, 15) is 0 Å². The summed E-state index contributed by atoms with van der Waals surface area (Å²) in [5.74, 6) is 1.40. The van der Waals surface area contributed by atoms with E-state index in [1.165, 1.54) is 20.4 Å². The SMILES string of the molecule is CCCN1c2cc(OC)c(C=Nc3ccc(I)c(C)c3)cc2C(C)CC1(C)C. The number of anilines is 1. The zero-order valence-electron chi connectivity index (χ0n) is 17.8. The van der Waals surface area contributed by atoms with E-state index in [0.29, 0.717) is 5.92 Å². The average molecular weight is 490 g/mol. The van der Waals surface area contributed by atoms with Crippen molar-refractivity contribution in [3.63, 3.8) is 0 Å². The molecule has 1 heterocycles. The quantitative estimate of drug-likeness (QED) is 0.338. The van der Waals surface area contributed by atoms with E-state index >= 15 is 0 Å². The summed E-state index contributed by atoms with van der Waals surface area (Å²) in [4.78, 5) is 7.27. The lowest BCUT2D eigenvalue weighted by Crippen LogP contribution is -2.48. The predicted molar refractivity (Wildman–Crippen MR) is 129 cm³/mol. The molecule has 0 bridgehead atoms. The largest absolute Gasteiger partial charge is 0.496 e. The monoisotopic (exact) mass is 490 g/mol. The topological polar surface area (TPSA) is 24.8 Å². The van der Waals surface area contributed by atoms with Crippen molar-refractivity contribution in [2.45, 2.75) is 58.9 Å². The van der Waals surface area contributed by atoms with Crippen LogP contribution in [0, 0.1) is 10.5 Å². The number of hydrogen-bond donors (Lipinski definition) is 0. The Kier molecular flexibility index (Phi) is 6.37. The van der Waals surface area contributed by atoms with Gasteiger partial charge in [0.15, 0.2) is 0 Å². The highest BCUT2D eigenvalue weighted by Gasteiger charge is 2.36. The van der Waals surface area contributed by atoms with Crippen molar-refractivity contribution in [2.75, 3.05) is 18.6 Å². The van der Waals surface area contributed by atoms with E-state index in [0.717, 1.165) is 36.4 Å². The Hall–Kier alpha value is -1.56. The number of aliphatic imine (C=N–C) groups is 1. The summed E-state index contributed by atoms with van der Waals surface area (Å²) >= 11 is 2.35. The summed E-state index contributed by atoms with van der Waals surface area (Å²) in [7, 11) is 1.75. The van der Waals surface area contributed by atoms with Gasteiger partial charge in [0, 0.05) is 39.2 Å². The Balaban J connectivity index is 2.03. The van der Waals surface area contributed by atoms with Crippen LogP contribution in [0.5, 0.6) is 5.75 Å². The van der Waals surface area contributed by atoms with Gasteiger partial charge in [0.05, 0.1) is 12.8 Å². The van der Waals surface area contributed by atoms with Gasteiger partial charge in [-0.2, -0.15) is 0 Å². The van der Waals surface area contributed by atoms with Crippen LogP contribution in [0.1, 0.15) is 63.1 Å². The zero-order chi connectivity index (χ0) is 20.5. The van der Waals surface area contributed by atoms with E-state index in [1.54, 1.807) is 7.11 Å². The molecule has 0 fully saturated rings. The Morgan fingerprint density at radius 3 is 2.68 bits per heavy atom. The second-order valence-electron chi connectivity index (χ2n) is 8.41. The summed E-state index contributed by atoms with van der Waals surface area (Å²) in [6.07, 6.45) is 4.23. The fraction of sp³-hybridized carbons (Fsp3) is 0.458. The summed E-state index contributed by atoms with van der Waals surface area (Å²) in [5.41, 5.74) is 6.12. The predicted octanol–water partition coefficient (Wildman–Crippen LogP) is 6.86. The molecule has 0 aliphatic carbocycles. The fourth-order valence-corrected chi connectivity index (χ4v) is 4.64. The van der Waals surface area contributed by atoms with Gasteiger partial charge < -0.3 is 9.64 Å². The van der Waals surface area contributed by atoms with Crippen molar-refractivity contribution in [3.05, 3.63) is 50.6 Å². The van der Waals surface area contributed by atoms with Crippen molar-refractivity contribution in [1.82, 2.24) is 0 Å². The minimum absolute atomic E-state index is 0.155. The van der Waals surface area contributed by atoms with Crippen LogP contribution in [0.4, 0.5) is 11.4 Å². The van der Waals surface area contributed by atoms with Gasteiger partial charge in [-0.25, -0.2) is 0 Å². The maximum absolute atomic E-state index is 5.75. The number of ether oxygens (including phenoxy) is 1. The molecule has 2 aromatic rings. The van der Waals surface area contributed by atoms with Crippen molar-refractivity contribution in [3.8, 4) is 5.75 Å². The van der Waals surface area contributed by atoms with Crippen LogP contribution in [-0.4, -0.2) is 25.4 Å². The van der Waals surface area contributed by atoms with Gasteiger partial charge >= 0.3 is 0 Å². The second-order valence-corrected chi connectivity index (χ2v) is 9.58. The van der Waals surface area contributed by atoms with Crippen LogP contribution < -0.4 is 9.64 Å². The molecule has 1 unspecified atom stereocenters. The van der Waals surface area contributed by atoms with E-state index < -0.39 is 0 Å². The Bertz CT molecular complexity index is 888. The van der Waals surface area contributed by atoms with Gasteiger partial charge in [-0.15, -0.1) is 0 Å². The molecule has 0 aromatic heterocycles. The third-order valence-electron chi connectivity index (χ3n) is 5.68. The first kappa shape index (κ1) is 21.2. The molecular formula is C24H31IN2O. The first-order chi connectivity index (χ1) is 13.3. The van der Waals surface area contributed by atoms with Gasteiger partial charge in [-0.05, 0) is 97.5 Å². The molecule has 0 spiro atoms. The maximum atomic E-state index is 5.75. The van der Waals surface area contributed by atoms with Crippen molar-refractivity contribution in [1.29, 1.82) is 0 Å². The first-order valence-electron chi connectivity index (χ1n) is 10.1. The van der Waals surface area contributed by atoms with Crippen LogP contribution in [0.15, 0.2) is 35.3 Å². The third kappa shape index (κ3) is 4.22. The molecule has 3 nitrogen and oxygen atoms in total. The molecule has 150 valence electrons. The number of rotatable bonds is 5. The molecule has 1 aliphatic rings. The van der Waals surface area contributed by atoms with Crippen LogP contribution in [0.2, 0.25) is 0 Å². The fourth-order valence-electron chi connectivity index (χ4n) is 4.31. The lowest BCUT2D eigenvalue weighted by molar-refractivity contribution is 0.372. The van der Waals surface area contributed by atoms with Gasteiger partial charge in [0.2, 0.25) is 0 Å². The molecule has 4 heteroatoms. The van der Waals surface area contributed by atoms with Crippen molar-refractivity contribution >= 4 is 40.2 Å². The van der Waals surface area contributed by atoms with Crippen molar-refractivity contribution < 1.29 is 4.74 Å². The summed E-state index contributed by atoms with van der Waals surface area (Å²) in [6.45, 7) is 12.5. The number of nitrogens with zero attached hydrogens (tertiary/aromatic N) is 2. The van der Waals surface area contributed by atoms with Crippen LogP contribution in [-0.2, 0) is 0 Å². The smallest absolute Gasteiger partial charge is 0.129 e. The number of methoxy groups -OCH3 is 1. The van der Waals surface area contributed by atoms with E-state index in [4.69, 9.17) is 9.73 Å². The van der Waals surface area contributed by atoms with Gasteiger partial charge in [-0.3, -0.25) is 4.99 Å². The summed E-state index contributed by atoms with van der Waals surface area (Å²) in [6, 6.07) is 10.8. The Morgan fingerprint density at radius 2 is 2.04 bits per heavy atom. The molecule has 0 N–H and O–H groups in total. The molecule has 0 radical (unpaired) electrons. The highest BCUT2D eigenvalue weighted by Crippen LogP contribution is 2.45. The average Bonchev–Trinajstić information content (AvgIpc) is 2.65. The molecule has 1 atom stereocenters. The number of benzene rings is 2. The molecule has 0 amide bonds. The third-order valence-corrected chi connectivity index (χ3v) is 6.89. The molecular weight excluding hydrogens is 459 g/mol. The lowest BCUT2D eigenvalue weighted by Gasteiger charge is -2.47. The Morgan fingerprint density at radius 1 is 1.29 bits per heavy atom. The number of fused-ring (bicyclic) bond motifs is 1. The normalized spacial score (nSPS) is 18.4. The molecule has 0 saturated heterocycles. The lowest BCUT2D eigenvalue weighted by atomic mass is 9.79. The number of hydrogen-bond acceptors (Lipinski definition) is 3. The van der Waals surface area contributed by atoms with E-state index in [2.05, 4.69) is 92.4 Å². The molecule has 2 aromatic carbocycles. The first-order valence-corrected chi connectivity index (χ1v) is 11.1. The van der Waals surface area contributed by atoms with E-state index in [1.807, 2.05) is 6.21 Å². The van der Waals surface area contributed by atoms with Gasteiger partial charge in [-0.1, -0.05) is 13.8 Å². The number of halogens is 1. The number of aryl methyl sites for hydroxylation is 1. The van der Waals surface area contributed by atoms with E-state index in [-0.39, 0.29) is 5.54 Å². The maximum Gasteiger partial charge on any atom is 0.129 e. The second kappa shape index (κ2) is 8.44. The molecule has 3 rings (SSSR count). The van der Waals surface area contributed by atoms with Gasteiger partial charge in [0.25, 0.3) is 0 Å². The molecule has 0 saturated carbocycles. The molecule has 1 aliphatic heterocycles. The highest BCUT2D eigenvalue weighted by atomic mass is 127. The van der Waals surface area contributed by atoms with Crippen LogP contribution in [0.25, 0.3) is 0 Å². The van der Waals surface area contributed by atoms with Gasteiger partial charge in [0.1, 0.15) is 5.75 Å². The van der Waals surface area contributed by atoms with Crippen molar-refractivity contribution in [2.24, 2.45) is 4.99 Å². The summed E-state index contributed by atoms with van der Waals surface area (Å²) in [5, 5.41) is 0. The summed E-state index contributed by atoms with van der Waals surface area (Å²) < 4.78 is 7.01. The standard InChI is InChI=1S/C24H31IN2O/c1-7-10-27-22-13-23(28-6)18(12-20(22)17(3)14-24(27,4)5)15-26-19-8-9-21(25)16(2)11-19/h8-9,11-13,15,17H,7,10,14H2,1-6H3. The minimum atomic E-state index is 0.155. The Labute approximate surface area is 183 Å². The zero-order valence-corrected chi connectivity index (χ0v) is 20.0. The van der Waals surface area contributed by atoms with Crippen LogP contribution in [0.3, 0.4) is 0 Å². The highest BCUT2D eigenvalue weighted by molar-refractivity contribution is 14.1. The minimum Gasteiger partial charge on any atom is -0.496 e. The molecule has 28 heavy (non-hydrogen) atoms.